The molecule has 5 heteroatoms. The van der Waals surface area contributed by atoms with Crippen LogP contribution >= 0.6 is 0 Å². The SMILES string of the molecule is Cn1cnc2c1C(C1CCCO1)NC(CN)C2. The average Bonchev–Trinajstić information content (AvgIpc) is 2.98. The number of rotatable bonds is 2. The van der Waals surface area contributed by atoms with Crippen LogP contribution in [0.4, 0.5) is 0 Å². The molecule has 0 saturated carbocycles. The molecule has 3 rings (SSSR count). The number of aromatic nitrogens is 2. The third kappa shape index (κ3) is 1.88. The van der Waals surface area contributed by atoms with E-state index in [2.05, 4.69) is 21.9 Å². The van der Waals surface area contributed by atoms with Gasteiger partial charge in [0.25, 0.3) is 0 Å². The van der Waals surface area contributed by atoms with Crippen molar-refractivity contribution < 1.29 is 4.74 Å². The third-order valence-corrected chi connectivity index (χ3v) is 3.83. The summed E-state index contributed by atoms with van der Waals surface area (Å²) < 4.78 is 7.93. The molecule has 17 heavy (non-hydrogen) atoms. The molecular weight excluding hydrogens is 216 g/mol. The second-order valence-electron chi connectivity index (χ2n) is 5.02. The van der Waals surface area contributed by atoms with E-state index in [9.17, 15) is 0 Å². The first-order chi connectivity index (χ1) is 8.29. The van der Waals surface area contributed by atoms with Crippen LogP contribution < -0.4 is 11.1 Å². The highest BCUT2D eigenvalue weighted by Crippen LogP contribution is 2.32. The number of imidazole rings is 1. The van der Waals surface area contributed by atoms with E-state index in [0.717, 1.165) is 25.9 Å². The molecule has 3 atom stereocenters. The Balaban J connectivity index is 1.93. The van der Waals surface area contributed by atoms with Crippen LogP contribution in [0, 0.1) is 0 Å². The minimum atomic E-state index is 0.252. The Labute approximate surface area is 101 Å². The number of hydrogen-bond acceptors (Lipinski definition) is 4. The highest BCUT2D eigenvalue weighted by atomic mass is 16.5. The molecule has 5 nitrogen and oxygen atoms in total. The number of nitrogens with zero attached hydrogens (tertiary/aromatic N) is 2. The average molecular weight is 236 g/mol. The lowest BCUT2D eigenvalue weighted by molar-refractivity contribution is 0.0686. The molecule has 0 aliphatic carbocycles. The summed E-state index contributed by atoms with van der Waals surface area (Å²) in [6, 6.07) is 0.578. The smallest absolute Gasteiger partial charge is 0.0949 e. The van der Waals surface area contributed by atoms with Crippen molar-refractivity contribution in [1.82, 2.24) is 14.9 Å². The monoisotopic (exact) mass is 236 g/mol. The molecule has 0 bridgehead atoms. The number of aryl methyl sites for hydroxylation is 1. The van der Waals surface area contributed by atoms with Gasteiger partial charge < -0.3 is 20.4 Å². The van der Waals surface area contributed by atoms with E-state index in [-0.39, 0.29) is 12.1 Å². The predicted molar refractivity (Wildman–Crippen MR) is 64.6 cm³/mol. The van der Waals surface area contributed by atoms with E-state index in [0.29, 0.717) is 12.6 Å². The molecule has 94 valence electrons. The van der Waals surface area contributed by atoms with Crippen LogP contribution in [0.1, 0.15) is 30.3 Å². The minimum absolute atomic E-state index is 0.252. The Hall–Kier alpha value is -0.910. The van der Waals surface area contributed by atoms with Crippen LogP contribution in [-0.4, -0.2) is 34.8 Å². The lowest BCUT2D eigenvalue weighted by atomic mass is 9.94. The second kappa shape index (κ2) is 4.40. The number of nitrogens with one attached hydrogen (secondary N) is 1. The lowest BCUT2D eigenvalue weighted by Crippen LogP contribution is -2.48. The van der Waals surface area contributed by atoms with Gasteiger partial charge in [-0.2, -0.15) is 0 Å². The Morgan fingerprint density at radius 1 is 1.65 bits per heavy atom. The van der Waals surface area contributed by atoms with E-state index in [1.54, 1.807) is 0 Å². The van der Waals surface area contributed by atoms with Gasteiger partial charge in [-0.25, -0.2) is 4.98 Å². The number of fused-ring (bicyclic) bond motifs is 1. The Bertz CT molecular complexity index is 397. The highest BCUT2D eigenvalue weighted by molar-refractivity contribution is 5.24. The molecule has 0 aromatic carbocycles. The van der Waals surface area contributed by atoms with Crippen molar-refractivity contribution in [2.24, 2.45) is 12.8 Å². The topological polar surface area (TPSA) is 65.1 Å². The standard InChI is InChI=1S/C12H20N4O/c1-16-7-14-9-5-8(6-13)15-11(12(9)16)10-3-2-4-17-10/h7-8,10-11,15H,2-6,13H2,1H3. The normalized spacial score (nSPS) is 32.7. The fourth-order valence-electron chi connectivity index (χ4n) is 2.97. The minimum Gasteiger partial charge on any atom is -0.376 e. The van der Waals surface area contributed by atoms with Gasteiger partial charge in [0, 0.05) is 32.7 Å². The van der Waals surface area contributed by atoms with Crippen molar-refractivity contribution in [3.05, 3.63) is 17.7 Å². The summed E-state index contributed by atoms with van der Waals surface area (Å²) in [6.45, 7) is 1.53. The van der Waals surface area contributed by atoms with Crippen molar-refractivity contribution in [3.63, 3.8) is 0 Å². The molecule has 3 N–H and O–H groups in total. The van der Waals surface area contributed by atoms with Crippen molar-refractivity contribution in [1.29, 1.82) is 0 Å². The van der Waals surface area contributed by atoms with Gasteiger partial charge in [-0.3, -0.25) is 0 Å². The largest absolute Gasteiger partial charge is 0.376 e. The molecule has 1 fully saturated rings. The van der Waals surface area contributed by atoms with Gasteiger partial charge in [0.15, 0.2) is 0 Å². The van der Waals surface area contributed by atoms with Crippen molar-refractivity contribution in [2.45, 2.75) is 37.5 Å². The van der Waals surface area contributed by atoms with Gasteiger partial charge in [-0.05, 0) is 12.8 Å². The van der Waals surface area contributed by atoms with Crippen LogP contribution in [0.5, 0.6) is 0 Å². The van der Waals surface area contributed by atoms with E-state index in [1.807, 2.05) is 6.33 Å². The van der Waals surface area contributed by atoms with Gasteiger partial charge in [-0.15, -0.1) is 0 Å². The summed E-state index contributed by atoms with van der Waals surface area (Å²) in [5.41, 5.74) is 8.25. The van der Waals surface area contributed by atoms with Gasteiger partial charge in [0.2, 0.25) is 0 Å². The molecule has 2 aliphatic heterocycles. The first-order valence-electron chi connectivity index (χ1n) is 6.37. The maximum Gasteiger partial charge on any atom is 0.0949 e. The molecule has 0 radical (unpaired) electrons. The molecule has 0 spiro atoms. The fourth-order valence-corrected chi connectivity index (χ4v) is 2.97. The summed E-state index contributed by atoms with van der Waals surface area (Å²) in [5, 5.41) is 3.62. The molecule has 1 aromatic heterocycles. The van der Waals surface area contributed by atoms with Gasteiger partial charge in [0.1, 0.15) is 0 Å². The molecular formula is C12H20N4O. The van der Waals surface area contributed by atoms with Crippen LogP contribution in [-0.2, 0) is 18.2 Å². The lowest BCUT2D eigenvalue weighted by Gasteiger charge is -2.33. The Morgan fingerprint density at radius 3 is 3.24 bits per heavy atom. The molecule has 2 aliphatic rings. The summed E-state index contributed by atoms with van der Waals surface area (Å²) in [5.74, 6) is 0. The van der Waals surface area contributed by atoms with Crippen LogP contribution in [0.15, 0.2) is 6.33 Å². The Kier molecular flexibility index (Phi) is 2.90. The molecule has 3 heterocycles. The van der Waals surface area contributed by atoms with Gasteiger partial charge >= 0.3 is 0 Å². The van der Waals surface area contributed by atoms with Crippen LogP contribution in [0.25, 0.3) is 0 Å². The zero-order valence-corrected chi connectivity index (χ0v) is 10.2. The number of ether oxygens (including phenoxy) is 1. The van der Waals surface area contributed by atoms with Crippen molar-refractivity contribution in [2.75, 3.05) is 13.2 Å². The first-order valence-corrected chi connectivity index (χ1v) is 6.37. The van der Waals surface area contributed by atoms with Crippen LogP contribution in [0.2, 0.25) is 0 Å². The van der Waals surface area contributed by atoms with Crippen LogP contribution in [0.3, 0.4) is 0 Å². The summed E-state index contributed by atoms with van der Waals surface area (Å²) >= 11 is 0. The van der Waals surface area contributed by atoms with Gasteiger partial charge in [-0.1, -0.05) is 0 Å². The van der Waals surface area contributed by atoms with E-state index >= 15 is 0 Å². The number of hydrogen-bond donors (Lipinski definition) is 2. The zero-order valence-electron chi connectivity index (χ0n) is 10.2. The highest BCUT2D eigenvalue weighted by Gasteiger charge is 2.36. The second-order valence-corrected chi connectivity index (χ2v) is 5.02. The first kappa shape index (κ1) is 11.2. The summed E-state index contributed by atoms with van der Waals surface area (Å²) in [7, 11) is 2.05. The maximum absolute atomic E-state index is 5.82. The Morgan fingerprint density at radius 2 is 2.53 bits per heavy atom. The molecule has 1 saturated heterocycles. The predicted octanol–water partition coefficient (Wildman–Crippen LogP) is 0.113. The van der Waals surface area contributed by atoms with E-state index in [1.165, 1.54) is 11.4 Å². The van der Waals surface area contributed by atoms with Crippen molar-refractivity contribution >= 4 is 0 Å². The fraction of sp³-hybridized carbons (Fsp3) is 0.750. The number of nitrogens with two attached hydrogens (primary N) is 1. The quantitative estimate of drug-likeness (QED) is 0.765. The van der Waals surface area contributed by atoms with E-state index < -0.39 is 0 Å². The van der Waals surface area contributed by atoms with Crippen molar-refractivity contribution in [3.8, 4) is 0 Å². The van der Waals surface area contributed by atoms with Gasteiger partial charge in [0.05, 0.1) is 29.9 Å². The molecule has 3 unspecified atom stereocenters. The van der Waals surface area contributed by atoms with E-state index in [4.69, 9.17) is 10.5 Å². The summed E-state index contributed by atoms with van der Waals surface area (Å²) in [6.07, 6.45) is 5.38. The summed E-state index contributed by atoms with van der Waals surface area (Å²) in [4.78, 5) is 4.49. The third-order valence-electron chi connectivity index (χ3n) is 3.83. The maximum atomic E-state index is 5.82. The molecule has 0 amide bonds. The zero-order chi connectivity index (χ0) is 11.8. The molecule has 1 aromatic rings.